The van der Waals surface area contributed by atoms with E-state index in [4.69, 9.17) is 4.74 Å². The lowest BCUT2D eigenvalue weighted by atomic mass is 9.81. The van der Waals surface area contributed by atoms with Gasteiger partial charge in [-0.15, -0.1) is 0 Å². The summed E-state index contributed by atoms with van der Waals surface area (Å²) in [5.74, 6) is 0.551. The number of hydrogen-bond donors (Lipinski definition) is 2. The molecule has 0 aromatic carbocycles. The average Bonchev–Trinajstić information content (AvgIpc) is 2.87. The molecular formula is C19H34N2O3. The van der Waals surface area contributed by atoms with Gasteiger partial charge in [-0.05, 0) is 44.9 Å². The first kappa shape index (κ1) is 19.2. The third-order valence-electron chi connectivity index (χ3n) is 5.49. The van der Waals surface area contributed by atoms with Crippen molar-refractivity contribution >= 4 is 11.8 Å². The van der Waals surface area contributed by atoms with E-state index in [2.05, 4.69) is 10.6 Å². The second-order valence-corrected chi connectivity index (χ2v) is 7.38. The summed E-state index contributed by atoms with van der Waals surface area (Å²) in [5, 5.41) is 6.25. The zero-order valence-corrected chi connectivity index (χ0v) is 15.1. The summed E-state index contributed by atoms with van der Waals surface area (Å²) in [6.45, 7) is 1.35. The first-order chi connectivity index (χ1) is 11.7. The summed E-state index contributed by atoms with van der Waals surface area (Å²) in [4.78, 5) is 24.6. The van der Waals surface area contributed by atoms with Crippen LogP contribution < -0.4 is 10.6 Å². The van der Waals surface area contributed by atoms with Crippen molar-refractivity contribution in [3.05, 3.63) is 0 Å². The van der Waals surface area contributed by atoms with Crippen molar-refractivity contribution in [1.82, 2.24) is 10.6 Å². The SMILES string of the molecule is COCCCNC(=O)C1CCC(C(=O)NC2CCCCCC2)CC1. The lowest BCUT2D eigenvalue weighted by Crippen LogP contribution is -2.41. The minimum absolute atomic E-state index is 0.0782. The largest absolute Gasteiger partial charge is 0.385 e. The maximum Gasteiger partial charge on any atom is 0.223 e. The van der Waals surface area contributed by atoms with Crippen LogP contribution in [0.2, 0.25) is 0 Å². The van der Waals surface area contributed by atoms with E-state index in [9.17, 15) is 9.59 Å². The fourth-order valence-corrected chi connectivity index (χ4v) is 3.93. The highest BCUT2D eigenvalue weighted by Gasteiger charge is 2.30. The first-order valence-corrected chi connectivity index (χ1v) is 9.77. The number of carbonyl (C=O) groups is 2. The van der Waals surface area contributed by atoms with Gasteiger partial charge >= 0.3 is 0 Å². The van der Waals surface area contributed by atoms with Gasteiger partial charge in [0.2, 0.25) is 11.8 Å². The van der Waals surface area contributed by atoms with Gasteiger partial charge < -0.3 is 15.4 Å². The third-order valence-corrected chi connectivity index (χ3v) is 5.49. The maximum atomic E-state index is 12.5. The van der Waals surface area contributed by atoms with E-state index in [0.717, 1.165) is 44.9 Å². The molecule has 138 valence electrons. The third kappa shape index (κ3) is 6.42. The summed E-state index contributed by atoms with van der Waals surface area (Å²) in [7, 11) is 1.67. The minimum atomic E-state index is 0.0782. The van der Waals surface area contributed by atoms with E-state index in [1.165, 1.54) is 25.7 Å². The summed E-state index contributed by atoms with van der Waals surface area (Å²) < 4.78 is 4.98. The second kappa shape index (κ2) is 10.7. The molecule has 2 aliphatic rings. The molecule has 0 unspecified atom stereocenters. The molecule has 2 rings (SSSR count). The van der Waals surface area contributed by atoms with Crippen LogP contribution in [0, 0.1) is 11.8 Å². The topological polar surface area (TPSA) is 67.4 Å². The van der Waals surface area contributed by atoms with Gasteiger partial charge in [0, 0.05) is 38.1 Å². The molecule has 2 N–H and O–H groups in total. The van der Waals surface area contributed by atoms with E-state index >= 15 is 0 Å². The molecule has 0 heterocycles. The molecule has 2 amide bonds. The molecule has 0 atom stereocenters. The minimum Gasteiger partial charge on any atom is -0.385 e. The molecular weight excluding hydrogens is 304 g/mol. The molecule has 0 saturated heterocycles. The van der Waals surface area contributed by atoms with E-state index < -0.39 is 0 Å². The monoisotopic (exact) mass is 338 g/mol. The molecule has 5 nitrogen and oxygen atoms in total. The Bertz CT molecular complexity index is 384. The van der Waals surface area contributed by atoms with Crippen molar-refractivity contribution in [3.8, 4) is 0 Å². The van der Waals surface area contributed by atoms with E-state index in [1.807, 2.05) is 0 Å². The van der Waals surface area contributed by atoms with Crippen LogP contribution in [-0.2, 0) is 14.3 Å². The van der Waals surface area contributed by atoms with Gasteiger partial charge in [-0.2, -0.15) is 0 Å². The average molecular weight is 338 g/mol. The summed E-state index contributed by atoms with van der Waals surface area (Å²) in [6.07, 6.45) is 11.5. The molecule has 24 heavy (non-hydrogen) atoms. The number of carbonyl (C=O) groups excluding carboxylic acids is 2. The quantitative estimate of drug-likeness (QED) is 0.554. The van der Waals surface area contributed by atoms with Crippen LogP contribution in [0.15, 0.2) is 0 Å². The summed E-state index contributed by atoms with van der Waals surface area (Å²) in [6, 6.07) is 0.377. The van der Waals surface area contributed by atoms with Crippen molar-refractivity contribution in [2.75, 3.05) is 20.3 Å². The number of rotatable bonds is 7. The molecule has 0 aliphatic heterocycles. The highest BCUT2D eigenvalue weighted by molar-refractivity contribution is 5.81. The first-order valence-electron chi connectivity index (χ1n) is 9.77. The number of nitrogens with one attached hydrogen (secondary N) is 2. The maximum absolute atomic E-state index is 12.5. The summed E-state index contributed by atoms with van der Waals surface area (Å²) in [5.41, 5.74) is 0. The fourth-order valence-electron chi connectivity index (χ4n) is 3.93. The van der Waals surface area contributed by atoms with Crippen molar-refractivity contribution in [3.63, 3.8) is 0 Å². The summed E-state index contributed by atoms with van der Waals surface area (Å²) >= 11 is 0. The molecule has 2 fully saturated rings. The van der Waals surface area contributed by atoms with Crippen molar-refractivity contribution in [2.24, 2.45) is 11.8 Å². The van der Waals surface area contributed by atoms with Crippen LogP contribution in [0.5, 0.6) is 0 Å². The van der Waals surface area contributed by atoms with E-state index in [1.54, 1.807) is 7.11 Å². The lowest BCUT2D eigenvalue weighted by Gasteiger charge is -2.28. The Morgan fingerprint density at radius 2 is 1.46 bits per heavy atom. The predicted molar refractivity (Wildman–Crippen MR) is 94.6 cm³/mol. The van der Waals surface area contributed by atoms with Crippen LogP contribution in [0.25, 0.3) is 0 Å². The van der Waals surface area contributed by atoms with Gasteiger partial charge in [0.1, 0.15) is 0 Å². The zero-order chi connectivity index (χ0) is 17.2. The molecule has 0 bridgehead atoms. The van der Waals surface area contributed by atoms with Gasteiger partial charge in [-0.1, -0.05) is 25.7 Å². The fraction of sp³-hybridized carbons (Fsp3) is 0.895. The number of ether oxygens (including phenoxy) is 1. The highest BCUT2D eigenvalue weighted by atomic mass is 16.5. The van der Waals surface area contributed by atoms with Crippen LogP contribution in [0.3, 0.4) is 0 Å². The van der Waals surface area contributed by atoms with Crippen LogP contribution >= 0.6 is 0 Å². The van der Waals surface area contributed by atoms with Gasteiger partial charge in [-0.25, -0.2) is 0 Å². The predicted octanol–water partition coefficient (Wildman–Crippen LogP) is 2.78. The van der Waals surface area contributed by atoms with Crippen molar-refractivity contribution < 1.29 is 14.3 Å². The highest BCUT2D eigenvalue weighted by Crippen LogP contribution is 2.29. The zero-order valence-electron chi connectivity index (χ0n) is 15.1. The van der Waals surface area contributed by atoms with Gasteiger partial charge in [0.25, 0.3) is 0 Å². The Morgan fingerprint density at radius 1 is 0.875 bits per heavy atom. The standard InChI is InChI=1S/C19H34N2O3/c1-24-14-6-13-20-18(22)15-9-11-16(12-10-15)19(23)21-17-7-4-2-3-5-8-17/h15-17H,2-14H2,1H3,(H,20,22)(H,21,23). The number of methoxy groups -OCH3 is 1. The second-order valence-electron chi connectivity index (χ2n) is 7.38. The van der Waals surface area contributed by atoms with E-state index in [-0.39, 0.29) is 23.7 Å². The smallest absolute Gasteiger partial charge is 0.223 e. The molecule has 0 aromatic rings. The normalized spacial score (nSPS) is 25.7. The Balaban J connectivity index is 1.65. The molecule has 0 radical (unpaired) electrons. The molecule has 2 saturated carbocycles. The number of hydrogen-bond acceptors (Lipinski definition) is 3. The van der Waals surface area contributed by atoms with Crippen LogP contribution in [0.4, 0.5) is 0 Å². The van der Waals surface area contributed by atoms with Gasteiger partial charge in [0.15, 0.2) is 0 Å². The Morgan fingerprint density at radius 3 is 2.04 bits per heavy atom. The van der Waals surface area contributed by atoms with Crippen molar-refractivity contribution in [1.29, 1.82) is 0 Å². The Hall–Kier alpha value is -1.10. The molecule has 0 spiro atoms. The van der Waals surface area contributed by atoms with Gasteiger partial charge in [0.05, 0.1) is 0 Å². The molecule has 0 aromatic heterocycles. The Kier molecular flexibility index (Phi) is 8.57. The molecule has 5 heteroatoms. The lowest BCUT2D eigenvalue weighted by molar-refractivity contribution is -0.131. The van der Waals surface area contributed by atoms with Crippen molar-refractivity contribution in [2.45, 2.75) is 76.7 Å². The molecule has 2 aliphatic carbocycles. The number of amides is 2. The van der Waals surface area contributed by atoms with Crippen LogP contribution in [-0.4, -0.2) is 38.1 Å². The van der Waals surface area contributed by atoms with Crippen LogP contribution in [0.1, 0.15) is 70.6 Å². The van der Waals surface area contributed by atoms with Gasteiger partial charge in [-0.3, -0.25) is 9.59 Å². The van der Waals surface area contributed by atoms with E-state index in [0.29, 0.717) is 19.2 Å². The Labute approximate surface area is 146 Å².